The van der Waals surface area contributed by atoms with Crippen LogP contribution in [0.25, 0.3) is 0 Å². The summed E-state index contributed by atoms with van der Waals surface area (Å²) in [5.74, 6) is -0.307. The highest BCUT2D eigenvalue weighted by Gasteiger charge is 2.15. The van der Waals surface area contributed by atoms with E-state index in [9.17, 15) is 9.59 Å². The molecule has 0 saturated carbocycles. The van der Waals surface area contributed by atoms with Crippen LogP contribution >= 0.6 is 23.2 Å². The predicted octanol–water partition coefficient (Wildman–Crippen LogP) is 3.71. The summed E-state index contributed by atoms with van der Waals surface area (Å²) < 4.78 is 5.46. The summed E-state index contributed by atoms with van der Waals surface area (Å²) in [5.41, 5.74) is 0.688. The molecule has 0 bridgehead atoms. The van der Waals surface area contributed by atoms with Gasteiger partial charge in [0.15, 0.2) is 6.61 Å². The Kier molecular flexibility index (Phi) is 6.06. The number of hydrogen-bond acceptors (Lipinski definition) is 3. The Labute approximate surface area is 150 Å². The van der Waals surface area contributed by atoms with E-state index < -0.39 is 5.91 Å². The topological polar surface area (TPSA) is 58.6 Å². The zero-order valence-electron chi connectivity index (χ0n) is 13.2. The molecule has 2 rings (SSSR count). The molecule has 0 atom stereocenters. The van der Waals surface area contributed by atoms with Crippen molar-refractivity contribution in [1.82, 2.24) is 4.90 Å². The highest BCUT2D eigenvalue weighted by Crippen LogP contribution is 2.27. The van der Waals surface area contributed by atoms with Gasteiger partial charge in [0.1, 0.15) is 5.75 Å². The fourth-order valence-electron chi connectivity index (χ4n) is 1.83. The van der Waals surface area contributed by atoms with Gasteiger partial charge in [-0.1, -0.05) is 35.3 Å². The molecule has 2 aromatic rings. The maximum atomic E-state index is 12.5. The molecule has 0 radical (unpaired) electrons. The molecule has 7 heteroatoms. The first-order valence-electron chi connectivity index (χ1n) is 7.07. The van der Waals surface area contributed by atoms with E-state index in [0.29, 0.717) is 27.0 Å². The number of likely N-dealkylation sites (N-methyl/N-ethyl adjacent to an activating group) is 1. The highest BCUT2D eigenvalue weighted by atomic mass is 35.5. The molecule has 0 aliphatic rings. The second-order valence-corrected chi connectivity index (χ2v) is 5.99. The van der Waals surface area contributed by atoms with E-state index in [2.05, 4.69) is 5.32 Å². The third-order valence-electron chi connectivity index (χ3n) is 3.16. The number of nitrogens with one attached hydrogen (secondary N) is 1. The summed E-state index contributed by atoms with van der Waals surface area (Å²) in [5, 5.41) is 3.51. The molecule has 2 aromatic carbocycles. The van der Waals surface area contributed by atoms with Crippen molar-refractivity contribution in [3.63, 3.8) is 0 Å². The van der Waals surface area contributed by atoms with Crippen LogP contribution in [0.2, 0.25) is 10.0 Å². The fourth-order valence-corrected chi connectivity index (χ4v) is 2.17. The maximum Gasteiger partial charge on any atom is 0.259 e. The van der Waals surface area contributed by atoms with Crippen LogP contribution in [0.4, 0.5) is 5.69 Å². The normalized spacial score (nSPS) is 10.2. The third-order valence-corrected chi connectivity index (χ3v) is 3.72. The summed E-state index contributed by atoms with van der Waals surface area (Å²) in [4.78, 5) is 25.5. The summed E-state index contributed by atoms with van der Waals surface area (Å²) in [6.07, 6.45) is 0. The monoisotopic (exact) mass is 366 g/mol. The molecule has 0 aliphatic carbocycles. The standard InChI is InChI=1S/C17H16Cl2N2O3/c1-21(2)16(22)10-24-15-6-4-3-5-12(15)17(23)20-14-9-11(18)7-8-13(14)19/h3-9H,10H2,1-2H3,(H,20,23). The Morgan fingerprint density at radius 2 is 1.83 bits per heavy atom. The van der Waals surface area contributed by atoms with Crippen molar-refractivity contribution in [2.45, 2.75) is 0 Å². The Morgan fingerprint density at radius 1 is 1.12 bits per heavy atom. The van der Waals surface area contributed by atoms with Crippen molar-refractivity contribution < 1.29 is 14.3 Å². The number of halogens is 2. The summed E-state index contributed by atoms with van der Waals surface area (Å²) >= 11 is 12.0. The Hall–Kier alpha value is -2.24. The van der Waals surface area contributed by atoms with Crippen molar-refractivity contribution in [1.29, 1.82) is 0 Å². The lowest BCUT2D eigenvalue weighted by atomic mass is 10.2. The van der Waals surface area contributed by atoms with Crippen LogP contribution in [0.3, 0.4) is 0 Å². The predicted molar refractivity (Wildman–Crippen MR) is 95.0 cm³/mol. The zero-order chi connectivity index (χ0) is 17.7. The second kappa shape index (κ2) is 8.04. The number of para-hydroxylation sites is 1. The lowest BCUT2D eigenvalue weighted by Crippen LogP contribution is -2.28. The van der Waals surface area contributed by atoms with Crippen molar-refractivity contribution >= 4 is 40.7 Å². The number of anilines is 1. The summed E-state index contributed by atoms with van der Waals surface area (Å²) in [6.45, 7) is -0.158. The van der Waals surface area contributed by atoms with Gasteiger partial charge in [-0.05, 0) is 30.3 Å². The molecule has 24 heavy (non-hydrogen) atoms. The molecule has 0 saturated heterocycles. The molecule has 0 aliphatic heterocycles. The highest BCUT2D eigenvalue weighted by molar-refractivity contribution is 6.35. The lowest BCUT2D eigenvalue weighted by molar-refractivity contribution is -0.130. The number of ether oxygens (including phenoxy) is 1. The number of carbonyl (C=O) groups is 2. The molecule has 0 fully saturated rings. The first-order valence-corrected chi connectivity index (χ1v) is 7.82. The molecule has 2 amide bonds. The summed E-state index contributed by atoms with van der Waals surface area (Å²) in [6, 6.07) is 11.4. The van der Waals surface area contributed by atoms with E-state index in [1.54, 1.807) is 56.6 Å². The zero-order valence-corrected chi connectivity index (χ0v) is 14.7. The van der Waals surface area contributed by atoms with Crippen molar-refractivity contribution in [2.24, 2.45) is 0 Å². The number of carbonyl (C=O) groups excluding carboxylic acids is 2. The van der Waals surface area contributed by atoms with Gasteiger partial charge in [0.2, 0.25) is 0 Å². The number of benzene rings is 2. The number of rotatable bonds is 5. The largest absolute Gasteiger partial charge is 0.483 e. The van der Waals surface area contributed by atoms with E-state index >= 15 is 0 Å². The van der Waals surface area contributed by atoms with Gasteiger partial charge in [0.05, 0.1) is 16.3 Å². The van der Waals surface area contributed by atoms with Gasteiger partial charge in [0.25, 0.3) is 11.8 Å². The second-order valence-electron chi connectivity index (χ2n) is 5.15. The van der Waals surface area contributed by atoms with Crippen LogP contribution < -0.4 is 10.1 Å². The van der Waals surface area contributed by atoms with Crippen molar-refractivity contribution in [2.75, 3.05) is 26.0 Å². The van der Waals surface area contributed by atoms with Gasteiger partial charge >= 0.3 is 0 Å². The van der Waals surface area contributed by atoms with E-state index in [1.165, 1.54) is 4.90 Å². The Morgan fingerprint density at radius 3 is 2.54 bits per heavy atom. The molecule has 126 valence electrons. The van der Waals surface area contributed by atoms with Gasteiger partial charge in [-0.3, -0.25) is 9.59 Å². The van der Waals surface area contributed by atoms with Crippen LogP contribution in [0.15, 0.2) is 42.5 Å². The van der Waals surface area contributed by atoms with E-state index in [-0.39, 0.29) is 12.5 Å². The SMILES string of the molecule is CN(C)C(=O)COc1ccccc1C(=O)Nc1cc(Cl)ccc1Cl. The lowest BCUT2D eigenvalue weighted by Gasteiger charge is -2.14. The van der Waals surface area contributed by atoms with Gasteiger partial charge in [-0.25, -0.2) is 0 Å². The minimum atomic E-state index is -0.410. The van der Waals surface area contributed by atoms with Crippen LogP contribution in [0, 0.1) is 0 Å². The Bertz CT molecular complexity index is 763. The fraction of sp³-hybridized carbons (Fsp3) is 0.176. The molecular weight excluding hydrogens is 351 g/mol. The molecular formula is C17H16Cl2N2O3. The number of hydrogen-bond donors (Lipinski definition) is 1. The van der Waals surface area contributed by atoms with Crippen LogP contribution in [0.1, 0.15) is 10.4 Å². The van der Waals surface area contributed by atoms with Gasteiger partial charge in [0, 0.05) is 19.1 Å². The molecule has 5 nitrogen and oxygen atoms in total. The maximum absolute atomic E-state index is 12.5. The van der Waals surface area contributed by atoms with E-state index in [4.69, 9.17) is 27.9 Å². The Balaban J connectivity index is 2.17. The molecule has 0 unspecified atom stereocenters. The number of amides is 2. The summed E-state index contributed by atoms with van der Waals surface area (Å²) in [7, 11) is 3.26. The van der Waals surface area contributed by atoms with Crippen molar-refractivity contribution in [3.8, 4) is 5.75 Å². The van der Waals surface area contributed by atoms with Crippen LogP contribution in [0.5, 0.6) is 5.75 Å². The van der Waals surface area contributed by atoms with Gasteiger partial charge < -0.3 is 15.0 Å². The minimum Gasteiger partial charge on any atom is -0.483 e. The van der Waals surface area contributed by atoms with E-state index in [1.807, 2.05) is 0 Å². The smallest absolute Gasteiger partial charge is 0.259 e. The third kappa shape index (κ3) is 4.63. The first-order chi connectivity index (χ1) is 11.4. The van der Waals surface area contributed by atoms with Gasteiger partial charge in [-0.2, -0.15) is 0 Å². The molecule has 0 aromatic heterocycles. The quantitative estimate of drug-likeness (QED) is 0.877. The average Bonchev–Trinajstić information content (AvgIpc) is 2.56. The van der Waals surface area contributed by atoms with Crippen LogP contribution in [-0.2, 0) is 4.79 Å². The number of nitrogens with zero attached hydrogens (tertiary/aromatic N) is 1. The van der Waals surface area contributed by atoms with Gasteiger partial charge in [-0.15, -0.1) is 0 Å². The van der Waals surface area contributed by atoms with Crippen molar-refractivity contribution in [3.05, 3.63) is 58.1 Å². The van der Waals surface area contributed by atoms with E-state index in [0.717, 1.165) is 0 Å². The first kappa shape index (κ1) is 18.1. The molecule has 0 spiro atoms. The van der Waals surface area contributed by atoms with Crippen LogP contribution in [-0.4, -0.2) is 37.4 Å². The molecule has 1 N–H and O–H groups in total. The minimum absolute atomic E-state index is 0.158. The molecule has 0 heterocycles. The average molecular weight is 367 g/mol.